The molecule has 0 radical (unpaired) electrons. The quantitative estimate of drug-likeness (QED) is 0.00683. The number of hydrogen-bond acceptors (Lipinski definition) is 25. The minimum absolute atomic E-state index is 0.0292. The molecule has 1 aromatic heterocycles. The molecular formula is C80H107N17O27S. The number of para-hydroxylation sites is 2. The molecule has 13 atom stereocenters. The monoisotopic (exact) mass is 1770 g/mol. The van der Waals surface area contributed by atoms with Crippen molar-refractivity contribution in [1.29, 1.82) is 0 Å². The summed E-state index contributed by atoms with van der Waals surface area (Å²) in [5, 5.41) is 82.0. The molecule has 3 aromatic carbocycles. The number of esters is 1. The molecule has 0 unspecified atom stereocenters. The number of aliphatic hydroxyl groups excluding tert-OH is 1. The maximum atomic E-state index is 15.0. The molecule has 0 bridgehead atoms. The van der Waals surface area contributed by atoms with Gasteiger partial charge in [-0.1, -0.05) is 94.8 Å². The Morgan fingerprint density at radius 1 is 0.544 bits per heavy atom. The van der Waals surface area contributed by atoms with E-state index in [-0.39, 0.29) is 42.6 Å². The van der Waals surface area contributed by atoms with E-state index in [1.165, 1.54) is 42.1 Å². The highest BCUT2D eigenvalue weighted by Crippen LogP contribution is 2.23. The van der Waals surface area contributed by atoms with Crippen LogP contribution in [0, 0.1) is 5.92 Å². The largest absolute Gasteiger partial charge is 0.481 e. The van der Waals surface area contributed by atoms with Gasteiger partial charge in [-0.2, -0.15) is 0 Å². The molecule has 45 heteroatoms. The molecule has 680 valence electrons. The zero-order valence-electron chi connectivity index (χ0n) is 69.1. The summed E-state index contributed by atoms with van der Waals surface area (Å²) in [7, 11) is 0. The number of nitrogens with one attached hydrogen (secondary N) is 15. The Bertz CT molecular complexity index is 4600. The third kappa shape index (κ3) is 34.3. The Morgan fingerprint density at radius 3 is 1.70 bits per heavy atom. The molecule has 15 amide bonds. The number of rotatable bonds is 38. The van der Waals surface area contributed by atoms with Crippen molar-refractivity contribution in [3.05, 3.63) is 95.7 Å². The number of Topliss-reactive ketones (excluding diaryl/α,β-unsaturated/α-hetero) is 1. The van der Waals surface area contributed by atoms with Crippen molar-refractivity contribution in [2.24, 2.45) is 11.7 Å². The number of anilines is 1. The lowest BCUT2D eigenvalue weighted by Gasteiger charge is -2.30. The number of carboxylic acids is 4. The Balaban J connectivity index is 1.64. The van der Waals surface area contributed by atoms with Crippen LogP contribution in [0.15, 0.2) is 83.9 Å². The van der Waals surface area contributed by atoms with Crippen LogP contribution in [0.4, 0.5) is 5.69 Å². The number of H-pyrrole nitrogens is 1. The number of ketones is 1. The number of carbonyl (C=O) groups is 21. The van der Waals surface area contributed by atoms with Crippen LogP contribution in [-0.2, 0) is 102 Å². The lowest BCUT2D eigenvalue weighted by molar-refractivity contribution is -0.156. The first-order chi connectivity index (χ1) is 59.2. The van der Waals surface area contributed by atoms with Crippen molar-refractivity contribution in [2.75, 3.05) is 38.2 Å². The molecule has 4 aromatic rings. The molecule has 0 spiro atoms. The van der Waals surface area contributed by atoms with E-state index in [4.69, 9.17) is 16.2 Å². The zero-order chi connectivity index (χ0) is 92.7. The minimum Gasteiger partial charge on any atom is -0.481 e. The van der Waals surface area contributed by atoms with Crippen LogP contribution < -0.4 is 85.9 Å². The normalized spacial score (nSPS) is 20.4. The van der Waals surface area contributed by atoms with E-state index >= 15 is 0 Å². The van der Waals surface area contributed by atoms with Crippen molar-refractivity contribution in [3.8, 4) is 0 Å². The number of fused-ring (bicyclic) bond motifs is 1. The number of cyclic esters (lactones) is 1. The summed E-state index contributed by atoms with van der Waals surface area (Å²) in [6.45, 7) is 0.923. The number of nitrogen functional groups attached to an aromatic ring is 1. The van der Waals surface area contributed by atoms with Gasteiger partial charge in [-0.25, -0.2) is 4.79 Å². The van der Waals surface area contributed by atoms with Crippen LogP contribution in [0.25, 0.3) is 10.9 Å². The summed E-state index contributed by atoms with van der Waals surface area (Å²) in [5.41, 5.74) is 12.6. The average Bonchev–Trinajstić information content (AvgIpc) is 1.64. The average molecular weight is 1770 g/mol. The molecule has 1 aliphatic heterocycles. The number of aromatic nitrogens is 1. The highest BCUT2D eigenvalue weighted by molar-refractivity contribution is 7.98. The molecule has 24 N–H and O–H groups in total. The Kier molecular flexibility index (Phi) is 41.9. The second-order valence-electron chi connectivity index (χ2n) is 29.4. The first kappa shape index (κ1) is 102. The highest BCUT2D eigenvalue weighted by Gasteiger charge is 2.41. The van der Waals surface area contributed by atoms with Crippen molar-refractivity contribution in [3.63, 3.8) is 0 Å². The topological polar surface area (TPSA) is 705 Å². The van der Waals surface area contributed by atoms with Crippen LogP contribution in [-0.4, -0.2) is 260 Å². The fourth-order valence-electron chi connectivity index (χ4n) is 12.8. The van der Waals surface area contributed by atoms with E-state index in [0.717, 1.165) is 52.9 Å². The molecule has 1 aliphatic rings. The number of ether oxygens (including phenoxy) is 1. The molecule has 2 heterocycles. The van der Waals surface area contributed by atoms with Gasteiger partial charge in [0.1, 0.15) is 72.6 Å². The number of primary amides is 1. The second-order valence-corrected chi connectivity index (χ2v) is 30.3. The fourth-order valence-corrected chi connectivity index (χ4v) is 13.4. The first-order valence-corrected chi connectivity index (χ1v) is 41.1. The lowest BCUT2D eigenvalue weighted by Crippen LogP contribution is -2.62. The Labute approximate surface area is 719 Å². The van der Waals surface area contributed by atoms with Gasteiger partial charge in [0, 0.05) is 59.1 Å². The van der Waals surface area contributed by atoms with Gasteiger partial charge in [0.2, 0.25) is 82.7 Å². The molecule has 0 saturated carbocycles. The third-order valence-corrected chi connectivity index (χ3v) is 20.3. The molecule has 1 saturated heterocycles. The van der Waals surface area contributed by atoms with Gasteiger partial charge in [0.25, 0.3) is 5.91 Å². The molecule has 44 nitrogen and oxygen atoms in total. The SMILES string of the molecule is CCCCCCCCCC(=O)N[C@@H](Cc1c[nH]c2ccccc12)C(=O)N[C@@H](CC(N)=O)C(=O)N[C@@H](CC(=O)O)C(=O)N[C@@H]1C(=O)NCC(=O)N[C@@H](CCCNC(=O)c2ccccc2SC)C(=O)N[C@@H](CC(=O)O)C(=O)N[C@H](C)C(=O)N[C@@H](CC(=O)O)C(=O)NCC(=O)N[C@H](CO)C(=O)N[C@@H]([C@H](C)CC(=O)O)C(=O)N[C@@H](CC(=O)c2ccccc2N)C(=O)O[C@@H]1C. The standard InChI is InChI=1S/C80H107N17O27S/c1-6-7-8-9-10-11-12-27-60(101)89-50(30-43-36-84-48-24-17-14-20-44(43)48)74(117)92-51(32-59(82)100)75(118)94-54(35-66(110)111)76(119)97-68-42(4)124-80(123)55(31-57(99)45-21-13-16-23-47(45)81)95-79(122)67(40(2)29-63(104)105)96-77(120)56(39-98)90-62(103)37-85-71(114)52(33-64(106)107)91-69(112)41(3)87-73(116)53(34-65(108)109)93-72(115)49(88-61(102)38-86-78(68)121)25-19-28-83-70(113)46-22-15-18-26-58(46)125-5/h13-18,20-24,26,36,40-42,49-56,67-68,84,98H,6-12,19,25,27-35,37-39,81H2,1-5H3,(H2,82,100)(H,83,113)(H,85,114)(H,86,121)(H,87,116)(H,88,102)(H,89,101)(H,90,103)(H,91,112)(H,92,117)(H,93,115)(H,94,118)(H,95,122)(H,96,120)(H,97,119)(H,104,105)(H,106,107)(H,108,109)(H,110,111)/t40-,41-,42-,49+,50+,51+,52+,53+,54+,55+,56-,67+,68+/m1/s1. The van der Waals surface area contributed by atoms with Gasteiger partial charge in [0.05, 0.1) is 57.4 Å². The predicted molar refractivity (Wildman–Crippen MR) is 442 cm³/mol. The summed E-state index contributed by atoms with van der Waals surface area (Å²) in [6.07, 6.45) is -1.14. The van der Waals surface area contributed by atoms with Gasteiger partial charge in [-0.05, 0) is 81.2 Å². The summed E-state index contributed by atoms with van der Waals surface area (Å²) >= 11 is 1.23. The van der Waals surface area contributed by atoms with E-state index in [0.29, 0.717) is 34.2 Å². The van der Waals surface area contributed by atoms with E-state index in [1.807, 2.05) is 16.0 Å². The zero-order valence-corrected chi connectivity index (χ0v) is 70.0. The Morgan fingerprint density at radius 2 is 1.09 bits per heavy atom. The third-order valence-electron chi connectivity index (χ3n) is 19.5. The highest BCUT2D eigenvalue weighted by atomic mass is 32.2. The van der Waals surface area contributed by atoms with E-state index in [1.54, 1.807) is 54.9 Å². The number of carbonyl (C=O) groups excluding carboxylic acids is 17. The Hall–Kier alpha value is -13.6. The maximum absolute atomic E-state index is 15.0. The van der Waals surface area contributed by atoms with Gasteiger partial charge in [-0.3, -0.25) is 95.9 Å². The number of aliphatic hydroxyl groups is 1. The van der Waals surface area contributed by atoms with Gasteiger partial charge in [0.15, 0.2) is 5.78 Å². The molecule has 1 fully saturated rings. The van der Waals surface area contributed by atoms with Crippen LogP contribution in [0.1, 0.15) is 157 Å². The number of hydrogen-bond donors (Lipinski definition) is 22. The van der Waals surface area contributed by atoms with Crippen LogP contribution in [0.5, 0.6) is 0 Å². The molecule has 0 aliphatic carbocycles. The van der Waals surface area contributed by atoms with Crippen molar-refractivity contribution < 1.29 is 131 Å². The molecule has 5 rings (SSSR count). The van der Waals surface area contributed by atoms with Crippen molar-refractivity contribution in [2.45, 2.75) is 214 Å². The molecular weight excluding hydrogens is 1660 g/mol. The number of amides is 15. The number of nitrogens with two attached hydrogens (primary N) is 2. The van der Waals surface area contributed by atoms with Gasteiger partial charge >= 0.3 is 29.8 Å². The number of benzene rings is 3. The summed E-state index contributed by atoms with van der Waals surface area (Å²) in [5.74, 6) is -30.8. The summed E-state index contributed by atoms with van der Waals surface area (Å²) in [4.78, 5) is 293. The number of aromatic amines is 1. The van der Waals surface area contributed by atoms with Crippen LogP contribution >= 0.6 is 11.8 Å². The van der Waals surface area contributed by atoms with Crippen LogP contribution in [0.2, 0.25) is 0 Å². The van der Waals surface area contributed by atoms with Crippen molar-refractivity contribution in [1.82, 2.24) is 79.4 Å². The second kappa shape index (κ2) is 51.3. The molecule has 125 heavy (non-hydrogen) atoms. The first-order valence-electron chi connectivity index (χ1n) is 39.9. The van der Waals surface area contributed by atoms with E-state index in [9.17, 15) is 126 Å². The number of carboxylic acid groups (broad SMARTS) is 4. The maximum Gasteiger partial charge on any atom is 0.329 e. The smallest absolute Gasteiger partial charge is 0.329 e. The summed E-state index contributed by atoms with van der Waals surface area (Å²) in [6, 6.07) is -4.59. The lowest BCUT2D eigenvalue weighted by atomic mass is 9.96. The van der Waals surface area contributed by atoms with Gasteiger partial charge < -0.3 is 121 Å². The minimum atomic E-state index is -2.49. The van der Waals surface area contributed by atoms with E-state index in [2.05, 4.69) is 70.4 Å². The predicted octanol–water partition coefficient (Wildman–Crippen LogP) is -3.43. The van der Waals surface area contributed by atoms with Crippen LogP contribution in [0.3, 0.4) is 0 Å². The van der Waals surface area contributed by atoms with Crippen molar-refractivity contribution >= 4 is 153 Å². The van der Waals surface area contributed by atoms with Gasteiger partial charge in [-0.15, -0.1) is 11.8 Å². The number of aliphatic carboxylic acids is 4. The fraction of sp³-hybridized carbons (Fsp3) is 0.487. The summed E-state index contributed by atoms with van der Waals surface area (Å²) < 4.78 is 5.73. The van der Waals surface area contributed by atoms with E-state index < -0.39 is 267 Å². The number of thioether (sulfide) groups is 1. The number of unbranched alkanes of at least 4 members (excludes halogenated alkanes) is 6.